The number of phenols is 1. The molecular weight excluding hydrogens is 366 g/mol. The Morgan fingerprint density at radius 3 is 2.45 bits per heavy atom. The molecule has 0 radical (unpaired) electrons. The van der Waals surface area contributed by atoms with Gasteiger partial charge in [-0.3, -0.25) is 9.59 Å². The summed E-state index contributed by atoms with van der Waals surface area (Å²) in [6.45, 7) is 5.80. The SMILES string of the molecule is Cc1ccc(CC(N)C(=O)N[C@H](C)C(=O)NCCCc2ccccc2)c(C)c1O. The number of hydrogen-bond acceptors (Lipinski definition) is 4. The number of carbonyl (C=O) groups is 2. The zero-order valence-corrected chi connectivity index (χ0v) is 17.4. The number of aryl methyl sites for hydroxylation is 2. The number of rotatable bonds is 9. The lowest BCUT2D eigenvalue weighted by molar-refractivity contribution is -0.129. The predicted octanol–water partition coefficient (Wildman–Crippen LogP) is 2.13. The molecule has 5 N–H and O–H groups in total. The Morgan fingerprint density at radius 1 is 1.07 bits per heavy atom. The van der Waals surface area contributed by atoms with Gasteiger partial charge in [0, 0.05) is 6.54 Å². The van der Waals surface area contributed by atoms with Crippen LogP contribution in [0.25, 0.3) is 0 Å². The number of carbonyl (C=O) groups excluding carboxylic acids is 2. The lowest BCUT2D eigenvalue weighted by atomic mass is 9.98. The van der Waals surface area contributed by atoms with Crippen molar-refractivity contribution < 1.29 is 14.7 Å². The molecule has 2 aromatic carbocycles. The van der Waals surface area contributed by atoms with E-state index in [4.69, 9.17) is 5.73 Å². The Hall–Kier alpha value is -2.86. The Balaban J connectivity index is 1.76. The third kappa shape index (κ3) is 6.61. The van der Waals surface area contributed by atoms with Crippen LogP contribution in [0.5, 0.6) is 5.75 Å². The molecule has 0 aliphatic carbocycles. The minimum atomic E-state index is -0.802. The smallest absolute Gasteiger partial charge is 0.242 e. The first kappa shape index (κ1) is 22.4. The van der Waals surface area contributed by atoms with Gasteiger partial charge < -0.3 is 21.5 Å². The van der Waals surface area contributed by atoms with E-state index >= 15 is 0 Å². The largest absolute Gasteiger partial charge is 0.507 e. The highest BCUT2D eigenvalue weighted by Gasteiger charge is 2.21. The lowest BCUT2D eigenvalue weighted by Crippen LogP contribution is -2.51. The Kier molecular flexibility index (Phi) is 8.21. The molecule has 0 aromatic heterocycles. The number of amides is 2. The highest BCUT2D eigenvalue weighted by Crippen LogP contribution is 2.25. The van der Waals surface area contributed by atoms with Crippen molar-refractivity contribution in [3.63, 3.8) is 0 Å². The summed E-state index contributed by atoms with van der Waals surface area (Å²) < 4.78 is 0. The van der Waals surface area contributed by atoms with Crippen molar-refractivity contribution in [2.24, 2.45) is 5.73 Å². The standard InChI is InChI=1S/C23H31N3O3/c1-15-11-12-19(16(2)21(15)27)14-20(24)23(29)26-17(3)22(28)25-13-7-10-18-8-5-4-6-9-18/h4-6,8-9,11-12,17,20,27H,7,10,13-14,24H2,1-3H3,(H,25,28)(H,26,29)/t17-,20?/m1/s1. The highest BCUT2D eigenvalue weighted by atomic mass is 16.3. The Labute approximate surface area is 172 Å². The molecule has 0 heterocycles. The van der Waals surface area contributed by atoms with E-state index in [1.807, 2.05) is 31.2 Å². The second kappa shape index (κ2) is 10.6. The molecule has 0 aliphatic rings. The predicted molar refractivity (Wildman–Crippen MR) is 115 cm³/mol. The van der Waals surface area contributed by atoms with Gasteiger partial charge in [-0.15, -0.1) is 0 Å². The minimum absolute atomic E-state index is 0.221. The van der Waals surface area contributed by atoms with Gasteiger partial charge in [-0.25, -0.2) is 0 Å². The summed E-state index contributed by atoms with van der Waals surface area (Å²) in [5, 5.41) is 15.5. The average Bonchev–Trinajstić information content (AvgIpc) is 2.72. The first-order valence-corrected chi connectivity index (χ1v) is 9.95. The van der Waals surface area contributed by atoms with E-state index in [1.54, 1.807) is 19.9 Å². The van der Waals surface area contributed by atoms with Crippen LogP contribution in [0.4, 0.5) is 0 Å². The van der Waals surface area contributed by atoms with Gasteiger partial charge in [0.05, 0.1) is 6.04 Å². The Bertz CT molecular complexity index is 837. The molecule has 0 aliphatic heterocycles. The van der Waals surface area contributed by atoms with Crippen LogP contribution in [0.15, 0.2) is 42.5 Å². The third-order valence-electron chi connectivity index (χ3n) is 5.06. The van der Waals surface area contributed by atoms with Crippen molar-refractivity contribution in [2.45, 2.75) is 52.1 Å². The zero-order valence-electron chi connectivity index (χ0n) is 17.4. The maximum atomic E-state index is 12.4. The summed E-state index contributed by atoms with van der Waals surface area (Å²) >= 11 is 0. The van der Waals surface area contributed by atoms with E-state index < -0.39 is 18.0 Å². The van der Waals surface area contributed by atoms with Crippen molar-refractivity contribution in [2.75, 3.05) is 6.54 Å². The van der Waals surface area contributed by atoms with Gasteiger partial charge in [-0.1, -0.05) is 42.5 Å². The van der Waals surface area contributed by atoms with E-state index in [0.717, 1.165) is 29.5 Å². The summed E-state index contributed by atoms with van der Waals surface area (Å²) in [4.78, 5) is 24.6. The second-order valence-corrected chi connectivity index (χ2v) is 7.44. The average molecular weight is 398 g/mol. The fourth-order valence-corrected chi connectivity index (χ4v) is 3.12. The number of aromatic hydroxyl groups is 1. The number of benzene rings is 2. The number of nitrogens with one attached hydrogen (secondary N) is 2. The molecule has 2 aromatic rings. The lowest BCUT2D eigenvalue weighted by Gasteiger charge is -2.18. The van der Waals surface area contributed by atoms with Crippen molar-refractivity contribution in [3.8, 4) is 5.75 Å². The van der Waals surface area contributed by atoms with Gasteiger partial charge in [0.1, 0.15) is 11.8 Å². The maximum Gasteiger partial charge on any atom is 0.242 e. The summed E-state index contributed by atoms with van der Waals surface area (Å²) in [6, 6.07) is 12.3. The van der Waals surface area contributed by atoms with Crippen LogP contribution in [-0.4, -0.2) is 35.5 Å². The van der Waals surface area contributed by atoms with Crippen LogP contribution in [0.2, 0.25) is 0 Å². The molecular formula is C23H31N3O3. The molecule has 2 rings (SSSR count). The number of phenolic OH excluding ortho intramolecular Hbond substituents is 1. The molecule has 6 nitrogen and oxygen atoms in total. The van der Waals surface area contributed by atoms with Crippen LogP contribution < -0.4 is 16.4 Å². The van der Waals surface area contributed by atoms with Gasteiger partial charge in [-0.05, 0) is 62.3 Å². The zero-order chi connectivity index (χ0) is 21.4. The van der Waals surface area contributed by atoms with Crippen molar-refractivity contribution >= 4 is 11.8 Å². The fourth-order valence-electron chi connectivity index (χ4n) is 3.12. The van der Waals surface area contributed by atoms with E-state index in [-0.39, 0.29) is 18.1 Å². The normalized spacial score (nSPS) is 12.8. The number of nitrogens with two attached hydrogens (primary N) is 1. The number of hydrogen-bond donors (Lipinski definition) is 4. The molecule has 0 spiro atoms. The van der Waals surface area contributed by atoms with Gasteiger partial charge in [0.2, 0.25) is 11.8 Å². The first-order valence-electron chi connectivity index (χ1n) is 9.95. The maximum absolute atomic E-state index is 12.4. The molecule has 29 heavy (non-hydrogen) atoms. The molecule has 6 heteroatoms. The molecule has 0 saturated carbocycles. The van der Waals surface area contributed by atoms with Crippen LogP contribution in [-0.2, 0) is 22.4 Å². The van der Waals surface area contributed by atoms with Crippen LogP contribution in [0.3, 0.4) is 0 Å². The monoisotopic (exact) mass is 397 g/mol. The summed E-state index contributed by atoms with van der Waals surface area (Å²) in [7, 11) is 0. The summed E-state index contributed by atoms with van der Waals surface area (Å²) in [5.74, 6) is -0.405. The first-order chi connectivity index (χ1) is 13.8. The molecule has 156 valence electrons. The van der Waals surface area contributed by atoms with E-state index in [9.17, 15) is 14.7 Å². The van der Waals surface area contributed by atoms with Gasteiger partial charge in [0.15, 0.2) is 0 Å². The van der Waals surface area contributed by atoms with E-state index in [2.05, 4.69) is 22.8 Å². The van der Waals surface area contributed by atoms with E-state index in [1.165, 1.54) is 5.56 Å². The third-order valence-corrected chi connectivity index (χ3v) is 5.06. The second-order valence-electron chi connectivity index (χ2n) is 7.44. The van der Waals surface area contributed by atoms with E-state index in [0.29, 0.717) is 6.54 Å². The molecule has 2 atom stereocenters. The van der Waals surface area contributed by atoms with Crippen LogP contribution in [0, 0.1) is 13.8 Å². The molecule has 0 saturated heterocycles. The van der Waals surface area contributed by atoms with Crippen molar-refractivity contribution in [3.05, 3.63) is 64.7 Å². The minimum Gasteiger partial charge on any atom is -0.507 e. The van der Waals surface area contributed by atoms with Gasteiger partial charge >= 0.3 is 0 Å². The quantitative estimate of drug-likeness (QED) is 0.487. The van der Waals surface area contributed by atoms with Crippen LogP contribution in [0.1, 0.15) is 35.6 Å². The molecule has 2 amide bonds. The molecule has 0 bridgehead atoms. The van der Waals surface area contributed by atoms with Crippen molar-refractivity contribution in [1.29, 1.82) is 0 Å². The van der Waals surface area contributed by atoms with Gasteiger partial charge in [0.25, 0.3) is 0 Å². The Morgan fingerprint density at radius 2 is 1.76 bits per heavy atom. The van der Waals surface area contributed by atoms with Gasteiger partial charge in [-0.2, -0.15) is 0 Å². The highest BCUT2D eigenvalue weighted by molar-refractivity contribution is 5.89. The topological polar surface area (TPSA) is 104 Å². The summed E-state index contributed by atoms with van der Waals surface area (Å²) in [5.41, 5.74) is 9.56. The fraction of sp³-hybridized carbons (Fsp3) is 0.391. The molecule has 1 unspecified atom stereocenters. The van der Waals surface area contributed by atoms with Crippen molar-refractivity contribution in [1.82, 2.24) is 10.6 Å². The molecule has 0 fully saturated rings. The van der Waals surface area contributed by atoms with Crippen LogP contribution >= 0.6 is 0 Å². The summed E-state index contributed by atoms with van der Waals surface area (Å²) in [6.07, 6.45) is 2.00.